The number of benzene rings is 2. The molecule has 0 spiro atoms. The van der Waals surface area contributed by atoms with Gasteiger partial charge in [0.2, 0.25) is 0 Å². The van der Waals surface area contributed by atoms with Crippen LogP contribution in [0.3, 0.4) is 0 Å². The highest BCUT2D eigenvalue weighted by molar-refractivity contribution is 6.35. The molecule has 27 heavy (non-hydrogen) atoms. The van der Waals surface area contributed by atoms with Crippen molar-refractivity contribution in [1.82, 2.24) is 4.98 Å². The van der Waals surface area contributed by atoms with Gasteiger partial charge in [-0.2, -0.15) is 0 Å². The number of hydrogen-bond donors (Lipinski definition) is 0. The zero-order valence-corrected chi connectivity index (χ0v) is 15.7. The summed E-state index contributed by atoms with van der Waals surface area (Å²) >= 11 is 11.9. The number of ether oxygens (including phenoxy) is 1. The number of aromatic nitrogens is 1. The summed E-state index contributed by atoms with van der Waals surface area (Å²) in [5, 5.41) is 1.01. The molecule has 0 saturated heterocycles. The molecule has 1 heterocycles. The molecule has 0 saturated carbocycles. The second-order valence-electron chi connectivity index (χ2n) is 5.58. The Balaban J connectivity index is 1.60. The largest absolute Gasteiger partial charge is 0.423 e. The maximum Gasteiger partial charge on any atom is 0.336 e. The summed E-state index contributed by atoms with van der Waals surface area (Å²) in [5.41, 5.74) is 2.54. The molecule has 1 aromatic heterocycles. The van der Waals surface area contributed by atoms with Gasteiger partial charge in [0.05, 0.1) is 5.69 Å². The van der Waals surface area contributed by atoms with Crippen LogP contribution >= 0.6 is 23.2 Å². The zero-order valence-electron chi connectivity index (χ0n) is 14.2. The number of carbonyl (C=O) groups excluding carboxylic acids is 1. The fourth-order valence-electron chi connectivity index (χ4n) is 2.25. The van der Waals surface area contributed by atoms with Crippen LogP contribution in [0.4, 0.5) is 0 Å². The molecule has 0 aliphatic carbocycles. The van der Waals surface area contributed by atoms with Crippen molar-refractivity contribution < 1.29 is 9.53 Å². The van der Waals surface area contributed by atoms with Crippen molar-refractivity contribution in [2.24, 2.45) is 0 Å². The summed E-state index contributed by atoms with van der Waals surface area (Å²) in [6.45, 7) is 0. The molecule has 0 aliphatic heterocycles. The van der Waals surface area contributed by atoms with Crippen LogP contribution in [0.1, 0.15) is 16.8 Å². The summed E-state index contributed by atoms with van der Waals surface area (Å²) in [4.78, 5) is 16.2. The fraction of sp³-hybridized carbons (Fsp3) is 0. The molecule has 3 rings (SSSR count). The molecular formula is C22H15Cl2NO2. The van der Waals surface area contributed by atoms with Crippen molar-refractivity contribution in [2.45, 2.75) is 0 Å². The van der Waals surface area contributed by atoms with E-state index in [1.807, 2.05) is 42.5 Å². The van der Waals surface area contributed by atoms with Crippen LogP contribution in [0.15, 0.2) is 72.9 Å². The van der Waals surface area contributed by atoms with Gasteiger partial charge in [0.15, 0.2) is 0 Å². The van der Waals surface area contributed by atoms with E-state index >= 15 is 0 Å². The predicted molar refractivity (Wildman–Crippen MR) is 111 cm³/mol. The lowest BCUT2D eigenvalue weighted by atomic mass is 10.2. The van der Waals surface area contributed by atoms with E-state index in [-0.39, 0.29) is 0 Å². The SMILES string of the molecule is O=C(/C=C/c1ccc(Cl)cc1Cl)Oc1ccc(/C=C/c2ccccn2)cc1. The monoisotopic (exact) mass is 395 g/mol. The van der Waals surface area contributed by atoms with Crippen LogP contribution < -0.4 is 4.74 Å². The van der Waals surface area contributed by atoms with Crippen LogP contribution in [0.2, 0.25) is 10.0 Å². The lowest BCUT2D eigenvalue weighted by Gasteiger charge is -2.02. The van der Waals surface area contributed by atoms with Gasteiger partial charge in [0.1, 0.15) is 5.75 Å². The van der Waals surface area contributed by atoms with Crippen molar-refractivity contribution in [3.8, 4) is 5.75 Å². The Morgan fingerprint density at radius 2 is 1.74 bits per heavy atom. The smallest absolute Gasteiger partial charge is 0.336 e. The minimum absolute atomic E-state index is 0.460. The predicted octanol–water partition coefficient (Wildman–Crippen LogP) is 6.18. The van der Waals surface area contributed by atoms with Crippen molar-refractivity contribution in [1.29, 1.82) is 0 Å². The summed E-state index contributed by atoms with van der Waals surface area (Å²) in [6.07, 6.45) is 8.51. The maximum atomic E-state index is 12.0. The third-order valence-corrected chi connectivity index (χ3v) is 4.16. The summed E-state index contributed by atoms with van der Waals surface area (Å²) in [5.74, 6) is -0.0281. The third-order valence-electron chi connectivity index (χ3n) is 3.59. The second-order valence-corrected chi connectivity index (χ2v) is 6.42. The first-order chi connectivity index (χ1) is 13.1. The molecule has 0 N–H and O–H groups in total. The van der Waals surface area contributed by atoms with E-state index in [2.05, 4.69) is 4.98 Å². The lowest BCUT2D eigenvalue weighted by molar-refractivity contribution is -0.128. The molecule has 0 radical (unpaired) electrons. The van der Waals surface area contributed by atoms with E-state index in [0.29, 0.717) is 21.4 Å². The average molecular weight is 396 g/mol. The van der Waals surface area contributed by atoms with E-state index < -0.39 is 5.97 Å². The molecule has 0 amide bonds. The molecule has 3 aromatic rings. The molecular weight excluding hydrogens is 381 g/mol. The Morgan fingerprint density at radius 3 is 2.44 bits per heavy atom. The van der Waals surface area contributed by atoms with Crippen molar-refractivity contribution >= 4 is 47.4 Å². The molecule has 0 fully saturated rings. The molecule has 0 aliphatic rings. The third kappa shape index (κ3) is 5.81. The van der Waals surface area contributed by atoms with Crippen LogP contribution in [0.25, 0.3) is 18.2 Å². The van der Waals surface area contributed by atoms with Gasteiger partial charge >= 0.3 is 5.97 Å². The molecule has 134 valence electrons. The molecule has 3 nitrogen and oxygen atoms in total. The van der Waals surface area contributed by atoms with Gasteiger partial charge in [-0.3, -0.25) is 4.98 Å². The van der Waals surface area contributed by atoms with Crippen molar-refractivity contribution in [3.05, 3.63) is 99.8 Å². The Kier molecular flexibility index (Phi) is 6.42. The van der Waals surface area contributed by atoms with Gasteiger partial charge in [-0.25, -0.2) is 4.79 Å². The molecule has 5 heteroatoms. The number of carbonyl (C=O) groups is 1. The average Bonchev–Trinajstić information content (AvgIpc) is 2.67. The van der Waals surface area contributed by atoms with Crippen LogP contribution in [-0.4, -0.2) is 11.0 Å². The standard InChI is InChI=1S/C22H15Cl2NO2/c23-18-9-7-17(21(24)15-18)8-13-22(26)27-20-11-5-16(6-12-20)4-10-19-3-1-2-14-25-19/h1-15H/b10-4+,13-8+. The van der Waals surface area contributed by atoms with E-state index in [1.54, 1.807) is 42.6 Å². The fourth-order valence-corrected chi connectivity index (χ4v) is 2.72. The molecule has 2 aromatic carbocycles. The minimum atomic E-state index is -0.488. The quantitative estimate of drug-likeness (QED) is 0.294. The van der Waals surface area contributed by atoms with E-state index in [0.717, 1.165) is 11.3 Å². The topological polar surface area (TPSA) is 39.2 Å². The summed E-state index contributed by atoms with van der Waals surface area (Å²) < 4.78 is 5.29. The highest BCUT2D eigenvalue weighted by Crippen LogP contribution is 2.22. The van der Waals surface area contributed by atoms with Crippen LogP contribution in [-0.2, 0) is 4.79 Å². The van der Waals surface area contributed by atoms with Gasteiger partial charge < -0.3 is 4.74 Å². The van der Waals surface area contributed by atoms with Gasteiger partial charge in [-0.05, 0) is 59.7 Å². The van der Waals surface area contributed by atoms with Gasteiger partial charge in [-0.15, -0.1) is 0 Å². The second kappa shape index (κ2) is 9.17. The first-order valence-electron chi connectivity index (χ1n) is 8.14. The number of nitrogens with zero attached hydrogens (tertiary/aromatic N) is 1. The van der Waals surface area contributed by atoms with Crippen molar-refractivity contribution in [3.63, 3.8) is 0 Å². The summed E-state index contributed by atoms with van der Waals surface area (Å²) in [7, 11) is 0. The van der Waals surface area contributed by atoms with Crippen LogP contribution in [0.5, 0.6) is 5.75 Å². The number of hydrogen-bond acceptors (Lipinski definition) is 3. The highest BCUT2D eigenvalue weighted by atomic mass is 35.5. The van der Waals surface area contributed by atoms with Crippen LogP contribution in [0, 0.1) is 0 Å². The highest BCUT2D eigenvalue weighted by Gasteiger charge is 2.02. The lowest BCUT2D eigenvalue weighted by Crippen LogP contribution is -2.03. The minimum Gasteiger partial charge on any atom is -0.423 e. The molecule has 0 bridgehead atoms. The zero-order chi connectivity index (χ0) is 19.1. The normalized spacial score (nSPS) is 11.2. The Morgan fingerprint density at radius 1 is 0.926 bits per heavy atom. The van der Waals surface area contributed by atoms with E-state index in [9.17, 15) is 4.79 Å². The Hall–Kier alpha value is -2.88. The van der Waals surface area contributed by atoms with E-state index in [1.165, 1.54) is 6.08 Å². The number of halogens is 2. The summed E-state index contributed by atoms with van der Waals surface area (Å²) in [6, 6.07) is 18.0. The first kappa shape index (κ1) is 18.9. The Bertz CT molecular complexity index is 981. The van der Waals surface area contributed by atoms with Gasteiger partial charge in [0.25, 0.3) is 0 Å². The molecule has 0 unspecified atom stereocenters. The Labute approximate surface area is 167 Å². The number of esters is 1. The van der Waals surface area contributed by atoms with Gasteiger partial charge in [0, 0.05) is 22.3 Å². The maximum absolute atomic E-state index is 12.0. The molecule has 0 atom stereocenters. The van der Waals surface area contributed by atoms with Gasteiger partial charge in [-0.1, -0.05) is 53.5 Å². The number of pyridine rings is 1. The van der Waals surface area contributed by atoms with E-state index in [4.69, 9.17) is 27.9 Å². The van der Waals surface area contributed by atoms with Crippen molar-refractivity contribution in [2.75, 3.05) is 0 Å². The number of rotatable bonds is 5. The first-order valence-corrected chi connectivity index (χ1v) is 8.90.